The SMILES string of the molecule is CC1COC(=O)C(C)(C)N1CO. The molecule has 0 bridgehead atoms. The first-order valence-corrected chi connectivity index (χ1v) is 4.05. The third-order valence-electron chi connectivity index (χ3n) is 2.36. The number of aliphatic hydroxyl groups excluding tert-OH is 1. The fraction of sp³-hybridized carbons (Fsp3) is 0.875. The van der Waals surface area contributed by atoms with Crippen molar-refractivity contribution in [1.29, 1.82) is 0 Å². The van der Waals surface area contributed by atoms with Crippen LogP contribution in [-0.2, 0) is 9.53 Å². The number of aliphatic hydroxyl groups is 1. The standard InChI is InChI=1S/C8H15NO3/c1-6-4-12-7(11)8(2,3)9(6)5-10/h6,10H,4-5H2,1-3H3. The van der Waals surface area contributed by atoms with Gasteiger partial charge in [0.2, 0.25) is 0 Å². The third-order valence-corrected chi connectivity index (χ3v) is 2.36. The summed E-state index contributed by atoms with van der Waals surface area (Å²) in [5.41, 5.74) is -0.702. The Kier molecular flexibility index (Phi) is 2.39. The van der Waals surface area contributed by atoms with E-state index >= 15 is 0 Å². The summed E-state index contributed by atoms with van der Waals surface area (Å²) >= 11 is 0. The maximum Gasteiger partial charge on any atom is 0.326 e. The van der Waals surface area contributed by atoms with Crippen LogP contribution in [0.25, 0.3) is 0 Å². The summed E-state index contributed by atoms with van der Waals surface area (Å²) in [6, 6.07) is 0.0858. The van der Waals surface area contributed by atoms with Gasteiger partial charge in [0.15, 0.2) is 0 Å². The second-order valence-electron chi connectivity index (χ2n) is 3.62. The van der Waals surface area contributed by atoms with Gasteiger partial charge in [-0.3, -0.25) is 9.69 Å². The maximum absolute atomic E-state index is 11.3. The second kappa shape index (κ2) is 3.03. The van der Waals surface area contributed by atoms with Gasteiger partial charge in [0.25, 0.3) is 0 Å². The first kappa shape index (κ1) is 9.48. The molecule has 4 nitrogen and oxygen atoms in total. The Hall–Kier alpha value is -0.610. The van der Waals surface area contributed by atoms with E-state index < -0.39 is 5.54 Å². The van der Waals surface area contributed by atoms with Crippen molar-refractivity contribution in [2.45, 2.75) is 32.4 Å². The zero-order valence-corrected chi connectivity index (χ0v) is 7.70. The number of hydrogen-bond acceptors (Lipinski definition) is 4. The minimum Gasteiger partial charge on any atom is -0.463 e. The number of hydrogen-bond donors (Lipinski definition) is 1. The number of nitrogens with zero attached hydrogens (tertiary/aromatic N) is 1. The fourth-order valence-corrected chi connectivity index (χ4v) is 1.45. The van der Waals surface area contributed by atoms with Crippen molar-refractivity contribution in [2.24, 2.45) is 0 Å². The number of rotatable bonds is 1. The number of esters is 1. The van der Waals surface area contributed by atoms with Crippen molar-refractivity contribution in [3.05, 3.63) is 0 Å². The lowest BCUT2D eigenvalue weighted by Gasteiger charge is -2.42. The molecule has 1 unspecified atom stereocenters. The molecule has 1 aliphatic heterocycles. The average molecular weight is 173 g/mol. The zero-order valence-electron chi connectivity index (χ0n) is 7.70. The van der Waals surface area contributed by atoms with Crippen molar-refractivity contribution in [1.82, 2.24) is 4.90 Å². The largest absolute Gasteiger partial charge is 0.463 e. The predicted molar refractivity (Wildman–Crippen MR) is 43.4 cm³/mol. The Morgan fingerprint density at radius 2 is 2.33 bits per heavy atom. The molecule has 1 saturated heterocycles. The van der Waals surface area contributed by atoms with Gasteiger partial charge in [0.05, 0.1) is 6.73 Å². The van der Waals surface area contributed by atoms with Crippen molar-refractivity contribution < 1.29 is 14.6 Å². The molecule has 0 amide bonds. The average Bonchev–Trinajstić information content (AvgIpc) is 1.98. The minimum atomic E-state index is -0.702. The van der Waals surface area contributed by atoms with Gasteiger partial charge in [-0.2, -0.15) is 0 Å². The van der Waals surface area contributed by atoms with E-state index in [1.54, 1.807) is 18.7 Å². The van der Waals surface area contributed by atoms with E-state index in [-0.39, 0.29) is 18.7 Å². The molecule has 0 spiro atoms. The van der Waals surface area contributed by atoms with Crippen LogP contribution in [0.15, 0.2) is 0 Å². The summed E-state index contributed by atoms with van der Waals surface area (Å²) in [5.74, 6) is -0.269. The molecule has 70 valence electrons. The van der Waals surface area contributed by atoms with Crippen molar-refractivity contribution >= 4 is 5.97 Å². The van der Waals surface area contributed by atoms with E-state index in [4.69, 9.17) is 9.84 Å². The van der Waals surface area contributed by atoms with Gasteiger partial charge in [-0.1, -0.05) is 0 Å². The van der Waals surface area contributed by atoms with E-state index in [2.05, 4.69) is 0 Å². The van der Waals surface area contributed by atoms with Crippen LogP contribution < -0.4 is 0 Å². The smallest absolute Gasteiger partial charge is 0.326 e. The predicted octanol–water partition coefficient (Wildman–Crippen LogP) is -0.0379. The molecule has 12 heavy (non-hydrogen) atoms. The molecular formula is C8H15NO3. The third kappa shape index (κ3) is 1.32. The minimum absolute atomic E-state index is 0.0858. The van der Waals surface area contributed by atoms with Gasteiger partial charge < -0.3 is 9.84 Å². The van der Waals surface area contributed by atoms with E-state index in [9.17, 15) is 4.79 Å². The molecule has 0 aliphatic carbocycles. The Morgan fingerprint density at radius 3 is 2.75 bits per heavy atom. The molecule has 1 fully saturated rings. The molecule has 1 N–H and O–H groups in total. The second-order valence-corrected chi connectivity index (χ2v) is 3.62. The van der Waals surface area contributed by atoms with Gasteiger partial charge in [-0.25, -0.2) is 0 Å². The van der Waals surface area contributed by atoms with Crippen molar-refractivity contribution in [3.8, 4) is 0 Å². The van der Waals surface area contributed by atoms with Crippen LogP contribution in [0.1, 0.15) is 20.8 Å². The molecule has 1 atom stereocenters. The summed E-state index contributed by atoms with van der Waals surface area (Å²) in [5, 5.41) is 9.03. The van der Waals surface area contributed by atoms with E-state index in [1.165, 1.54) is 0 Å². The highest BCUT2D eigenvalue weighted by Crippen LogP contribution is 2.23. The summed E-state index contributed by atoms with van der Waals surface area (Å²) in [7, 11) is 0. The molecule has 1 heterocycles. The molecule has 1 rings (SSSR count). The molecule has 0 aromatic rings. The van der Waals surface area contributed by atoms with Crippen LogP contribution >= 0.6 is 0 Å². The Balaban J connectivity index is 2.83. The van der Waals surface area contributed by atoms with Crippen LogP contribution in [0.2, 0.25) is 0 Å². The van der Waals surface area contributed by atoms with Crippen LogP contribution in [0.3, 0.4) is 0 Å². The monoisotopic (exact) mass is 173 g/mol. The van der Waals surface area contributed by atoms with Crippen LogP contribution in [0.5, 0.6) is 0 Å². The summed E-state index contributed by atoms with van der Waals surface area (Å²) in [4.78, 5) is 13.0. The first-order valence-electron chi connectivity index (χ1n) is 4.05. The lowest BCUT2D eigenvalue weighted by atomic mass is 10.00. The lowest BCUT2D eigenvalue weighted by molar-refractivity contribution is -0.177. The van der Waals surface area contributed by atoms with Gasteiger partial charge in [-0.05, 0) is 20.8 Å². The van der Waals surface area contributed by atoms with Gasteiger partial charge in [-0.15, -0.1) is 0 Å². The number of morpholine rings is 1. The molecule has 0 aromatic carbocycles. The molecule has 0 aromatic heterocycles. The number of carbonyl (C=O) groups is 1. The highest BCUT2D eigenvalue weighted by molar-refractivity contribution is 5.80. The maximum atomic E-state index is 11.3. The summed E-state index contributed by atoms with van der Waals surface area (Å²) in [6.07, 6.45) is 0. The first-order chi connectivity index (χ1) is 5.50. The Labute approximate surface area is 72.1 Å². The highest BCUT2D eigenvalue weighted by Gasteiger charge is 2.42. The summed E-state index contributed by atoms with van der Waals surface area (Å²) < 4.78 is 4.95. The van der Waals surface area contributed by atoms with E-state index in [1.807, 2.05) is 6.92 Å². The van der Waals surface area contributed by atoms with Gasteiger partial charge in [0, 0.05) is 6.04 Å². The molecule has 4 heteroatoms. The lowest BCUT2D eigenvalue weighted by Crippen LogP contribution is -2.60. The fourth-order valence-electron chi connectivity index (χ4n) is 1.45. The Bertz CT molecular complexity index is 191. The number of carbonyl (C=O) groups excluding carboxylic acids is 1. The topological polar surface area (TPSA) is 49.8 Å². The molecule has 1 aliphatic rings. The zero-order chi connectivity index (χ0) is 9.35. The number of cyclic esters (lactones) is 1. The molecular weight excluding hydrogens is 158 g/mol. The van der Waals surface area contributed by atoms with Crippen LogP contribution in [0.4, 0.5) is 0 Å². The molecule has 0 saturated carbocycles. The molecule has 0 radical (unpaired) electrons. The quantitative estimate of drug-likeness (QED) is 0.565. The van der Waals surface area contributed by atoms with Gasteiger partial charge >= 0.3 is 5.97 Å². The van der Waals surface area contributed by atoms with Crippen molar-refractivity contribution in [2.75, 3.05) is 13.3 Å². The van der Waals surface area contributed by atoms with Gasteiger partial charge in [0.1, 0.15) is 12.1 Å². The van der Waals surface area contributed by atoms with E-state index in [0.29, 0.717) is 6.61 Å². The number of ether oxygens (including phenoxy) is 1. The highest BCUT2D eigenvalue weighted by atomic mass is 16.5. The normalized spacial score (nSPS) is 30.0. The van der Waals surface area contributed by atoms with Crippen LogP contribution in [-0.4, -0.2) is 40.9 Å². The Morgan fingerprint density at radius 1 is 1.75 bits per heavy atom. The van der Waals surface area contributed by atoms with Crippen molar-refractivity contribution in [3.63, 3.8) is 0 Å². The summed E-state index contributed by atoms with van der Waals surface area (Å²) in [6.45, 7) is 5.68. The van der Waals surface area contributed by atoms with Crippen LogP contribution in [0, 0.1) is 0 Å². The van der Waals surface area contributed by atoms with E-state index in [0.717, 1.165) is 0 Å².